The van der Waals surface area contributed by atoms with E-state index in [1.54, 1.807) is 0 Å². The smallest absolute Gasteiger partial charge is 0.399 e. The van der Waals surface area contributed by atoms with E-state index < -0.39 is 0 Å². The molecule has 1 aromatic carbocycles. The molecule has 4 heteroatoms. The minimum Gasteiger partial charge on any atom is -0.399 e. The Labute approximate surface area is 127 Å². The molecule has 112 valence electrons. The van der Waals surface area contributed by atoms with Gasteiger partial charge in [0.25, 0.3) is 0 Å². The van der Waals surface area contributed by atoms with Crippen molar-refractivity contribution in [3.63, 3.8) is 0 Å². The van der Waals surface area contributed by atoms with E-state index in [1.807, 2.05) is 12.1 Å². The van der Waals surface area contributed by atoms with Crippen LogP contribution in [-0.4, -0.2) is 24.1 Å². The quantitative estimate of drug-likeness (QED) is 0.784. The summed E-state index contributed by atoms with van der Waals surface area (Å²) in [7, 11) is -0.327. The normalized spacial score (nSPS) is 27.3. The number of carbonyl (C=O) groups excluding carboxylic acids is 1. The summed E-state index contributed by atoms with van der Waals surface area (Å²) < 4.78 is 12.2. The van der Waals surface area contributed by atoms with Crippen molar-refractivity contribution in [2.24, 2.45) is 0 Å². The molecule has 0 spiro atoms. The number of ketones is 1. The van der Waals surface area contributed by atoms with Crippen LogP contribution in [0.4, 0.5) is 0 Å². The second kappa shape index (κ2) is 4.96. The lowest BCUT2D eigenvalue weighted by Crippen LogP contribution is -2.41. The van der Waals surface area contributed by atoms with Crippen molar-refractivity contribution >= 4 is 18.4 Å². The molecule has 1 saturated heterocycles. The summed E-state index contributed by atoms with van der Waals surface area (Å²) in [6.07, 6.45) is 2.35. The van der Waals surface area contributed by atoms with Crippen molar-refractivity contribution in [1.29, 1.82) is 0 Å². The molecule has 21 heavy (non-hydrogen) atoms. The van der Waals surface area contributed by atoms with Gasteiger partial charge in [-0.2, -0.15) is 0 Å². The molecule has 1 saturated carbocycles. The molecule has 3 rings (SSSR count). The predicted molar refractivity (Wildman–Crippen MR) is 83.8 cm³/mol. The summed E-state index contributed by atoms with van der Waals surface area (Å²) in [5, 5.41) is 0. The van der Waals surface area contributed by atoms with Crippen LogP contribution in [-0.2, 0) is 14.1 Å². The van der Waals surface area contributed by atoms with E-state index in [-0.39, 0.29) is 18.3 Å². The van der Waals surface area contributed by atoms with Gasteiger partial charge in [-0.25, -0.2) is 0 Å². The van der Waals surface area contributed by atoms with E-state index in [1.165, 1.54) is 5.56 Å². The van der Waals surface area contributed by atoms with Gasteiger partial charge in [-0.3, -0.25) is 4.79 Å². The Morgan fingerprint density at radius 3 is 2.38 bits per heavy atom. The Morgan fingerprint density at radius 1 is 1.14 bits per heavy atom. The fourth-order valence-electron chi connectivity index (χ4n) is 3.04. The fraction of sp³-hybridized carbons (Fsp3) is 0.588. The summed E-state index contributed by atoms with van der Waals surface area (Å²) in [6, 6.07) is 8.34. The zero-order chi connectivity index (χ0) is 15.3. The highest BCUT2D eigenvalue weighted by molar-refractivity contribution is 6.62. The monoisotopic (exact) mass is 286 g/mol. The van der Waals surface area contributed by atoms with E-state index in [4.69, 9.17) is 9.31 Å². The van der Waals surface area contributed by atoms with Gasteiger partial charge >= 0.3 is 7.12 Å². The van der Waals surface area contributed by atoms with Gasteiger partial charge in [0.2, 0.25) is 0 Å². The number of hydrogen-bond donors (Lipinski definition) is 0. The third kappa shape index (κ3) is 2.67. The average molecular weight is 286 g/mol. The summed E-state index contributed by atoms with van der Waals surface area (Å²) in [6.45, 7) is 8.25. The van der Waals surface area contributed by atoms with Crippen molar-refractivity contribution in [2.75, 3.05) is 0 Å². The van der Waals surface area contributed by atoms with Gasteiger partial charge < -0.3 is 9.31 Å². The molecule has 1 heterocycles. The van der Waals surface area contributed by atoms with Gasteiger partial charge in [0, 0.05) is 12.8 Å². The van der Waals surface area contributed by atoms with Crippen molar-refractivity contribution in [3.8, 4) is 0 Å². The lowest BCUT2D eigenvalue weighted by atomic mass is 9.77. The molecule has 2 fully saturated rings. The van der Waals surface area contributed by atoms with E-state index in [9.17, 15) is 4.79 Å². The molecule has 3 nitrogen and oxygen atoms in total. The second-order valence-corrected chi connectivity index (χ2v) is 7.24. The SMILES string of the molecule is CC1(C)OB(c2cccc(C3CCC(=O)C3)c2)OC1(C)C. The number of benzene rings is 1. The summed E-state index contributed by atoms with van der Waals surface area (Å²) >= 11 is 0. The summed E-state index contributed by atoms with van der Waals surface area (Å²) in [5.74, 6) is 0.737. The largest absolute Gasteiger partial charge is 0.494 e. The van der Waals surface area contributed by atoms with Crippen LogP contribution in [0.25, 0.3) is 0 Å². The molecular formula is C17H23BO3. The Bertz CT molecular complexity index is 549. The highest BCUT2D eigenvalue weighted by Crippen LogP contribution is 2.37. The van der Waals surface area contributed by atoms with Crippen LogP contribution in [0.5, 0.6) is 0 Å². The average Bonchev–Trinajstić information content (AvgIpc) is 2.92. The lowest BCUT2D eigenvalue weighted by Gasteiger charge is -2.32. The van der Waals surface area contributed by atoms with Crippen LogP contribution in [0.3, 0.4) is 0 Å². The van der Waals surface area contributed by atoms with Gasteiger partial charge in [-0.05, 0) is 51.1 Å². The van der Waals surface area contributed by atoms with Crippen LogP contribution in [0.2, 0.25) is 0 Å². The summed E-state index contributed by atoms with van der Waals surface area (Å²) in [5.41, 5.74) is 1.63. The Balaban J connectivity index is 1.83. The molecule has 0 amide bonds. The molecule has 2 aliphatic rings. The number of carbonyl (C=O) groups is 1. The molecule has 1 atom stereocenters. The number of hydrogen-bond acceptors (Lipinski definition) is 3. The van der Waals surface area contributed by atoms with Crippen LogP contribution in [0.15, 0.2) is 24.3 Å². The topological polar surface area (TPSA) is 35.5 Å². The highest BCUT2D eigenvalue weighted by Gasteiger charge is 2.51. The van der Waals surface area contributed by atoms with E-state index in [0.717, 1.165) is 11.9 Å². The van der Waals surface area contributed by atoms with Crippen molar-refractivity contribution in [3.05, 3.63) is 29.8 Å². The number of Topliss-reactive ketones (excluding diaryl/α,β-unsaturated/α-hetero) is 1. The molecule has 1 aliphatic carbocycles. The first kappa shape index (κ1) is 14.8. The standard InChI is InChI=1S/C17H23BO3/c1-16(2)17(3,4)21-18(20-16)14-7-5-6-12(10-14)13-8-9-15(19)11-13/h5-7,10,13H,8-9,11H2,1-4H3. The van der Waals surface area contributed by atoms with Crippen LogP contribution in [0.1, 0.15) is 58.4 Å². The molecule has 1 unspecified atom stereocenters. The highest BCUT2D eigenvalue weighted by atomic mass is 16.7. The predicted octanol–water partition coefficient (Wildman–Crippen LogP) is 2.82. The van der Waals surface area contributed by atoms with Crippen molar-refractivity contribution < 1.29 is 14.1 Å². The van der Waals surface area contributed by atoms with Gasteiger partial charge in [-0.1, -0.05) is 24.3 Å². The fourth-order valence-corrected chi connectivity index (χ4v) is 3.04. The minimum atomic E-state index is -0.327. The van der Waals surface area contributed by atoms with Gasteiger partial charge in [0.1, 0.15) is 5.78 Å². The molecule has 0 N–H and O–H groups in total. The Kier molecular flexibility index (Phi) is 3.49. The molecule has 0 aromatic heterocycles. The Hall–Kier alpha value is -1.13. The molecule has 1 aromatic rings. The lowest BCUT2D eigenvalue weighted by molar-refractivity contribution is -0.117. The van der Waals surface area contributed by atoms with Gasteiger partial charge in [0.05, 0.1) is 11.2 Å². The number of rotatable bonds is 2. The maximum Gasteiger partial charge on any atom is 0.494 e. The van der Waals surface area contributed by atoms with E-state index in [0.29, 0.717) is 24.5 Å². The van der Waals surface area contributed by atoms with Crippen LogP contribution < -0.4 is 5.46 Å². The Morgan fingerprint density at radius 2 is 1.81 bits per heavy atom. The first-order valence-electron chi connectivity index (χ1n) is 7.76. The molecular weight excluding hydrogens is 263 g/mol. The summed E-state index contributed by atoms with van der Waals surface area (Å²) in [4.78, 5) is 11.5. The molecule has 0 radical (unpaired) electrons. The van der Waals surface area contributed by atoms with E-state index >= 15 is 0 Å². The maximum atomic E-state index is 11.5. The van der Waals surface area contributed by atoms with Gasteiger partial charge in [0.15, 0.2) is 0 Å². The minimum absolute atomic E-state index is 0.322. The zero-order valence-electron chi connectivity index (χ0n) is 13.3. The van der Waals surface area contributed by atoms with Crippen LogP contribution >= 0.6 is 0 Å². The first-order chi connectivity index (χ1) is 9.78. The van der Waals surface area contributed by atoms with Crippen molar-refractivity contribution in [2.45, 2.75) is 64.1 Å². The van der Waals surface area contributed by atoms with Crippen molar-refractivity contribution in [1.82, 2.24) is 0 Å². The third-order valence-electron chi connectivity index (χ3n) is 5.15. The van der Waals surface area contributed by atoms with E-state index in [2.05, 4.69) is 39.8 Å². The first-order valence-corrected chi connectivity index (χ1v) is 7.76. The third-order valence-corrected chi connectivity index (χ3v) is 5.15. The van der Waals surface area contributed by atoms with Crippen LogP contribution in [0, 0.1) is 0 Å². The molecule has 0 bridgehead atoms. The molecule has 1 aliphatic heterocycles. The zero-order valence-corrected chi connectivity index (χ0v) is 13.3. The second-order valence-electron chi connectivity index (χ2n) is 7.24. The van der Waals surface area contributed by atoms with Gasteiger partial charge in [-0.15, -0.1) is 0 Å². The maximum absolute atomic E-state index is 11.5.